The van der Waals surface area contributed by atoms with Gasteiger partial charge in [0, 0.05) is 13.2 Å². The van der Waals surface area contributed by atoms with Crippen LogP contribution in [0.5, 0.6) is 0 Å². The molecule has 110 valence electrons. The van der Waals surface area contributed by atoms with E-state index in [9.17, 15) is 19.3 Å². The van der Waals surface area contributed by atoms with Gasteiger partial charge in [-0.25, -0.2) is 4.39 Å². The first-order chi connectivity index (χ1) is 9.49. The lowest BCUT2D eigenvalue weighted by Crippen LogP contribution is -2.30. The molecule has 0 bridgehead atoms. The molecule has 0 saturated carbocycles. The van der Waals surface area contributed by atoms with E-state index in [-0.39, 0.29) is 18.1 Å². The van der Waals surface area contributed by atoms with Crippen molar-refractivity contribution >= 4 is 11.6 Å². The molecule has 0 fully saturated rings. The van der Waals surface area contributed by atoms with Crippen LogP contribution in [0.2, 0.25) is 0 Å². The number of nitro benzene ring substituents is 1. The summed E-state index contributed by atoms with van der Waals surface area (Å²) in [4.78, 5) is 21.9. The van der Waals surface area contributed by atoms with Gasteiger partial charge in [-0.05, 0) is 24.5 Å². The average Bonchev–Trinajstić information content (AvgIpc) is 2.42. The first kappa shape index (κ1) is 16.0. The molecule has 7 heteroatoms. The molecule has 0 saturated heterocycles. The fourth-order valence-electron chi connectivity index (χ4n) is 1.81. The highest BCUT2D eigenvalue weighted by Gasteiger charge is 2.21. The largest absolute Gasteiger partial charge is 0.396 e. The van der Waals surface area contributed by atoms with Gasteiger partial charge in [0.25, 0.3) is 11.6 Å². The van der Waals surface area contributed by atoms with E-state index in [2.05, 4.69) is 5.32 Å². The topological polar surface area (TPSA) is 92.5 Å². The fraction of sp³-hybridized carbons (Fsp3) is 0.462. The molecule has 0 aromatic heterocycles. The molecular weight excluding hydrogens is 267 g/mol. The molecular formula is C13H17FN2O4. The molecule has 1 unspecified atom stereocenters. The van der Waals surface area contributed by atoms with E-state index in [0.29, 0.717) is 13.0 Å². The van der Waals surface area contributed by atoms with Crippen LogP contribution in [0.15, 0.2) is 18.2 Å². The van der Waals surface area contributed by atoms with Crippen molar-refractivity contribution in [2.24, 2.45) is 5.92 Å². The number of nitrogens with zero attached hydrogens (tertiary/aromatic N) is 1. The van der Waals surface area contributed by atoms with Crippen LogP contribution < -0.4 is 5.32 Å². The zero-order valence-corrected chi connectivity index (χ0v) is 11.1. The number of carbonyl (C=O) groups is 1. The molecule has 1 aromatic rings. The Morgan fingerprint density at radius 2 is 2.25 bits per heavy atom. The van der Waals surface area contributed by atoms with Crippen LogP contribution in [0.4, 0.5) is 10.1 Å². The average molecular weight is 284 g/mol. The summed E-state index contributed by atoms with van der Waals surface area (Å²) < 4.78 is 13.0. The normalized spacial score (nSPS) is 11.9. The number of nitrogens with one attached hydrogen (secondary N) is 1. The summed E-state index contributed by atoms with van der Waals surface area (Å²) in [5.74, 6) is -1.28. The Morgan fingerprint density at radius 3 is 2.80 bits per heavy atom. The Labute approximate surface area is 115 Å². The second kappa shape index (κ2) is 7.54. The molecule has 1 rings (SSSR count). The number of amides is 1. The van der Waals surface area contributed by atoms with Crippen molar-refractivity contribution < 1.29 is 19.2 Å². The Bertz CT molecular complexity index is 493. The summed E-state index contributed by atoms with van der Waals surface area (Å²) in [7, 11) is 0. The maximum absolute atomic E-state index is 13.0. The highest BCUT2D eigenvalue weighted by molar-refractivity contribution is 5.98. The fourth-order valence-corrected chi connectivity index (χ4v) is 1.81. The summed E-state index contributed by atoms with van der Waals surface area (Å²) >= 11 is 0. The highest BCUT2D eigenvalue weighted by Crippen LogP contribution is 2.19. The van der Waals surface area contributed by atoms with Gasteiger partial charge in [-0.1, -0.05) is 13.3 Å². The van der Waals surface area contributed by atoms with Gasteiger partial charge in [-0.3, -0.25) is 14.9 Å². The minimum absolute atomic E-state index is 0.0189. The number of halogens is 1. The van der Waals surface area contributed by atoms with Gasteiger partial charge in [-0.15, -0.1) is 0 Å². The molecule has 0 aliphatic carbocycles. The van der Waals surface area contributed by atoms with Crippen LogP contribution in [-0.2, 0) is 0 Å². The molecule has 0 heterocycles. The summed E-state index contributed by atoms with van der Waals surface area (Å²) in [6, 6.07) is 2.82. The summed E-state index contributed by atoms with van der Waals surface area (Å²) in [6.07, 6.45) is 1.31. The van der Waals surface area contributed by atoms with Gasteiger partial charge in [0.15, 0.2) is 0 Å². The smallest absolute Gasteiger partial charge is 0.285 e. The molecule has 0 radical (unpaired) electrons. The van der Waals surface area contributed by atoms with Gasteiger partial charge >= 0.3 is 0 Å². The molecule has 2 N–H and O–H groups in total. The lowest BCUT2D eigenvalue weighted by molar-refractivity contribution is -0.385. The number of hydrogen-bond donors (Lipinski definition) is 2. The SMILES string of the molecule is CCC(CCO)CNC(=O)c1ccc(F)cc1[N+](=O)[O-]. The van der Waals surface area contributed by atoms with E-state index >= 15 is 0 Å². The lowest BCUT2D eigenvalue weighted by atomic mass is 10.0. The van der Waals surface area contributed by atoms with E-state index < -0.39 is 22.3 Å². The van der Waals surface area contributed by atoms with E-state index in [1.807, 2.05) is 6.92 Å². The Kier molecular flexibility index (Phi) is 6.05. The monoisotopic (exact) mass is 284 g/mol. The van der Waals surface area contributed by atoms with E-state index in [4.69, 9.17) is 5.11 Å². The maximum Gasteiger partial charge on any atom is 0.285 e. The molecule has 0 spiro atoms. The van der Waals surface area contributed by atoms with Gasteiger partial charge in [-0.2, -0.15) is 0 Å². The van der Waals surface area contributed by atoms with Crippen LogP contribution >= 0.6 is 0 Å². The number of rotatable bonds is 7. The number of nitro groups is 1. The van der Waals surface area contributed by atoms with Crippen molar-refractivity contribution in [2.45, 2.75) is 19.8 Å². The Morgan fingerprint density at radius 1 is 1.55 bits per heavy atom. The zero-order valence-electron chi connectivity index (χ0n) is 11.1. The van der Waals surface area contributed by atoms with Gasteiger partial charge < -0.3 is 10.4 Å². The first-order valence-corrected chi connectivity index (χ1v) is 6.32. The van der Waals surface area contributed by atoms with Crippen molar-refractivity contribution in [3.05, 3.63) is 39.7 Å². The maximum atomic E-state index is 13.0. The second-order valence-corrected chi connectivity index (χ2v) is 4.42. The van der Waals surface area contributed by atoms with E-state index in [1.165, 1.54) is 0 Å². The van der Waals surface area contributed by atoms with Crippen LogP contribution in [-0.4, -0.2) is 29.1 Å². The molecule has 1 aromatic carbocycles. The Balaban J connectivity index is 2.79. The summed E-state index contributed by atoms with van der Waals surface area (Å²) in [5, 5.41) is 22.2. The number of benzene rings is 1. The minimum Gasteiger partial charge on any atom is -0.396 e. The second-order valence-electron chi connectivity index (χ2n) is 4.42. The van der Waals surface area contributed by atoms with Crippen LogP contribution in [0.3, 0.4) is 0 Å². The van der Waals surface area contributed by atoms with E-state index in [0.717, 1.165) is 24.6 Å². The zero-order chi connectivity index (χ0) is 15.1. The van der Waals surface area contributed by atoms with Crippen LogP contribution in [0, 0.1) is 21.8 Å². The molecule has 1 atom stereocenters. The number of aliphatic hydroxyl groups is 1. The standard InChI is InChI=1S/C13H17FN2O4/c1-2-9(5-6-17)8-15-13(18)11-4-3-10(14)7-12(11)16(19)20/h3-4,7,9,17H,2,5-6,8H2,1H3,(H,15,18). The molecule has 0 aliphatic heterocycles. The highest BCUT2D eigenvalue weighted by atomic mass is 19.1. The lowest BCUT2D eigenvalue weighted by Gasteiger charge is -2.14. The molecule has 1 amide bonds. The van der Waals surface area contributed by atoms with Gasteiger partial charge in [0.05, 0.1) is 11.0 Å². The van der Waals surface area contributed by atoms with Crippen molar-refractivity contribution in [3.63, 3.8) is 0 Å². The summed E-state index contributed by atoms with van der Waals surface area (Å²) in [6.45, 7) is 2.25. The summed E-state index contributed by atoms with van der Waals surface area (Å²) in [5.41, 5.74) is -0.729. The van der Waals surface area contributed by atoms with Crippen molar-refractivity contribution in [3.8, 4) is 0 Å². The van der Waals surface area contributed by atoms with Crippen LogP contribution in [0.25, 0.3) is 0 Å². The quantitative estimate of drug-likeness (QED) is 0.590. The minimum atomic E-state index is -0.789. The van der Waals surface area contributed by atoms with Crippen LogP contribution in [0.1, 0.15) is 30.1 Å². The number of hydrogen-bond acceptors (Lipinski definition) is 4. The third kappa shape index (κ3) is 4.27. The van der Waals surface area contributed by atoms with Crippen molar-refractivity contribution in [2.75, 3.05) is 13.2 Å². The molecule has 20 heavy (non-hydrogen) atoms. The Hall–Kier alpha value is -2.02. The first-order valence-electron chi connectivity index (χ1n) is 6.32. The van der Waals surface area contributed by atoms with E-state index in [1.54, 1.807) is 0 Å². The van der Waals surface area contributed by atoms with Crippen molar-refractivity contribution in [1.29, 1.82) is 0 Å². The third-order valence-electron chi connectivity index (χ3n) is 3.07. The van der Waals surface area contributed by atoms with Gasteiger partial charge in [0.2, 0.25) is 0 Å². The predicted octanol–water partition coefficient (Wildman–Crippen LogP) is 1.87. The molecule has 0 aliphatic rings. The predicted molar refractivity (Wildman–Crippen MR) is 70.9 cm³/mol. The molecule has 6 nitrogen and oxygen atoms in total. The van der Waals surface area contributed by atoms with Gasteiger partial charge in [0.1, 0.15) is 11.4 Å². The number of carbonyl (C=O) groups excluding carboxylic acids is 1. The number of aliphatic hydroxyl groups excluding tert-OH is 1. The third-order valence-corrected chi connectivity index (χ3v) is 3.07. The van der Waals surface area contributed by atoms with Crippen molar-refractivity contribution in [1.82, 2.24) is 5.32 Å².